The van der Waals surface area contributed by atoms with Gasteiger partial charge in [-0.05, 0) is 34.5 Å². The van der Waals surface area contributed by atoms with Crippen LogP contribution in [0.4, 0.5) is 0 Å². The number of carbonyl (C=O) groups is 1. The Labute approximate surface area is 116 Å². The smallest absolute Gasteiger partial charge is 0.222 e. The van der Waals surface area contributed by atoms with Gasteiger partial charge in [0.1, 0.15) is 5.75 Å². The van der Waals surface area contributed by atoms with Crippen molar-refractivity contribution < 1.29 is 14.6 Å². The molecule has 0 spiro atoms. The third-order valence-electron chi connectivity index (χ3n) is 2.49. The molecular weight excluding hydrogens is 298 g/mol. The number of hydrogen-bond donors (Lipinski definition) is 1. The van der Waals surface area contributed by atoms with Crippen molar-refractivity contribution in [3.05, 3.63) is 28.7 Å². The molecule has 0 atom stereocenters. The number of likely N-dealkylation sites (N-methyl/N-ethyl adjacent to an activating group) is 1. The molecule has 0 aromatic heterocycles. The Balaban J connectivity index is 2.23. The molecule has 0 saturated carbocycles. The first-order chi connectivity index (χ1) is 8.65. The lowest BCUT2D eigenvalue weighted by molar-refractivity contribution is -0.130. The average molecular weight is 316 g/mol. The summed E-state index contributed by atoms with van der Waals surface area (Å²) < 4.78 is 6.47. The van der Waals surface area contributed by atoms with Gasteiger partial charge in [-0.2, -0.15) is 0 Å². The van der Waals surface area contributed by atoms with Crippen molar-refractivity contribution in [3.63, 3.8) is 0 Å². The minimum atomic E-state index is -0.00426. The monoisotopic (exact) mass is 315 g/mol. The van der Waals surface area contributed by atoms with Crippen LogP contribution >= 0.6 is 15.9 Å². The predicted molar refractivity (Wildman–Crippen MR) is 73.6 cm³/mol. The normalized spacial score (nSPS) is 10.2. The summed E-state index contributed by atoms with van der Waals surface area (Å²) in [5.41, 5.74) is 0. The molecule has 1 aromatic carbocycles. The van der Waals surface area contributed by atoms with Crippen LogP contribution in [0.25, 0.3) is 0 Å². The second-order valence-electron chi connectivity index (χ2n) is 3.92. The molecule has 1 N–H and O–H groups in total. The number of aliphatic hydroxyl groups is 1. The van der Waals surface area contributed by atoms with Crippen molar-refractivity contribution >= 4 is 21.8 Å². The third kappa shape index (κ3) is 5.06. The third-order valence-corrected chi connectivity index (χ3v) is 3.15. The van der Waals surface area contributed by atoms with E-state index in [9.17, 15) is 4.79 Å². The highest BCUT2D eigenvalue weighted by Crippen LogP contribution is 2.23. The number of carbonyl (C=O) groups excluding carboxylic acids is 1. The first-order valence-corrected chi connectivity index (χ1v) is 6.66. The van der Waals surface area contributed by atoms with E-state index in [1.807, 2.05) is 24.3 Å². The van der Waals surface area contributed by atoms with Crippen molar-refractivity contribution in [2.45, 2.75) is 12.8 Å². The second kappa shape index (κ2) is 8.11. The summed E-state index contributed by atoms with van der Waals surface area (Å²) in [7, 11) is 1.69. The Kier molecular flexibility index (Phi) is 6.75. The van der Waals surface area contributed by atoms with Crippen molar-refractivity contribution in [2.24, 2.45) is 0 Å². The quantitative estimate of drug-likeness (QED) is 0.784. The van der Waals surface area contributed by atoms with Crippen LogP contribution in [-0.4, -0.2) is 42.7 Å². The summed E-state index contributed by atoms with van der Waals surface area (Å²) in [6.07, 6.45) is 1.09. The fourth-order valence-corrected chi connectivity index (χ4v) is 1.83. The maximum Gasteiger partial charge on any atom is 0.222 e. The molecule has 18 heavy (non-hydrogen) atoms. The minimum Gasteiger partial charge on any atom is -0.492 e. The Morgan fingerprint density at radius 1 is 1.44 bits per heavy atom. The van der Waals surface area contributed by atoms with Crippen LogP contribution in [0.1, 0.15) is 12.8 Å². The van der Waals surface area contributed by atoms with Gasteiger partial charge in [0, 0.05) is 20.0 Å². The number of hydrogen-bond acceptors (Lipinski definition) is 3. The van der Waals surface area contributed by atoms with Crippen molar-refractivity contribution in [3.8, 4) is 5.75 Å². The lowest BCUT2D eigenvalue weighted by Gasteiger charge is -2.15. The molecule has 4 nitrogen and oxygen atoms in total. The zero-order valence-electron chi connectivity index (χ0n) is 10.4. The molecular formula is C13H18BrNO3. The Morgan fingerprint density at radius 3 is 2.83 bits per heavy atom. The molecule has 0 aliphatic heterocycles. The molecule has 5 heteroatoms. The standard InChI is InChI=1S/C13H18BrNO3/c1-15(8-9-16)13(17)7-4-10-18-12-6-3-2-5-11(12)14/h2-3,5-6,16H,4,7-10H2,1H3. The van der Waals surface area contributed by atoms with Gasteiger partial charge in [-0.25, -0.2) is 0 Å². The van der Waals surface area contributed by atoms with Crippen LogP contribution in [0, 0.1) is 0 Å². The highest BCUT2D eigenvalue weighted by molar-refractivity contribution is 9.10. The van der Waals surface area contributed by atoms with Crippen LogP contribution in [0.5, 0.6) is 5.75 Å². The highest BCUT2D eigenvalue weighted by atomic mass is 79.9. The Bertz CT molecular complexity index is 384. The molecule has 100 valence electrons. The van der Waals surface area contributed by atoms with Gasteiger partial charge in [-0.15, -0.1) is 0 Å². The van der Waals surface area contributed by atoms with Crippen LogP contribution in [0.2, 0.25) is 0 Å². The first kappa shape index (κ1) is 15.0. The van der Waals surface area contributed by atoms with E-state index in [1.54, 1.807) is 7.05 Å². The molecule has 0 heterocycles. The van der Waals surface area contributed by atoms with Gasteiger partial charge < -0.3 is 14.7 Å². The zero-order valence-corrected chi connectivity index (χ0v) is 12.0. The molecule has 1 rings (SSSR count). The molecule has 0 fully saturated rings. The predicted octanol–water partition coefficient (Wildman–Crippen LogP) is 2.06. The lowest BCUT2D eigenvalue weighted by Crippen LogP contribution is -2.29. The van der Waals surface area contributed by atoms with Crippen molar-refractivity contribution in [2.75, 3.05) is 26.8 Å². The fraction of sp³-hybridized carbons (Fsp3) is 0.462. The summed E-state index contributed by atoms with van der Waals surface area (Å²) in [4.78, 5) is 13.1. The second-order valence-corrected chi connectivity index (χ2v) is 4.78. The first-order valence-electron chi connectivity index (χ1n) is 5.87. The Hall–Kier alpha value is -1.07. The molecule has 0 aliphatic carbocycles. The number of amides is 1. The van der Waals surface area contributed by atoms with Crippen molar-refractivity contribution in [1.82, 2.24) is 4.90 Å². The van der Waals surface area contributed by atoms with Gasteiger partial charge in [0.25, 0.3) is 0 Å². The SMILES string of the molecule is CN(CCO)C(=O)CCCOc1ccccc1Br. The van der Waals surface area contributed by atoms with E-state index < -0.39 is 0 Å². The van der Waals surface area contributed by atoms with Crippen LogP contribution < -0.4 is 4.74 Å². The van der Waals surface area contributed by atoms with E-state index >= 15 is 0 Å². The maximum absolute atomic E-state index is 11.6. The van der Waals surface area contributed by atoms with Crippen LogP contribution in [-0.2, 0) is 4.79 Å². The van der Waals surface area contributed by atoms with Crippen LogP contribution in [0.3, 0.4) is 0 Å². The number of benzene rings is 1. The average Bonchev–Trinajstić information content (AvgIpc) is 2.36. The van der Waals surface area contributed by atoms with Gasteiger partial charge in [-0.3, -0.25) is 4.79 Å². The molecule has 0 unspecified atom stereocenters. The number of halogens is 1. The van der Waals surface area contributed by atoms with Gasteiger partial charge >= 0.3 is 0 Å². The van der Waals surface area contributed by atoms with E-state index in [1.165, 1.54) is 4.90 Å². The van der Waals surface area contributed by atoms with Gasteiger partial charge in [-0.1, -0.05) is 12.1 Å². The Morgan fingerprint density at radius 2 is 2.17 bits per heavy atom. The van der Waals surface area contributed by atoms with Gasteiger partial charge in [0.15, 0.2) is 0 Å². The van der Waals surface area contributed by atoms with Gasteiger partial charge in [0.05, 0.1) is 17.7 Å². The number of nitrogens with zero attached hydrogens (tertiary/aromatic N) is 1. The van der Waals surface area contributed by atoms with Gasteiger partial charge in [0.2, 0.25) is 5.91 Å². The molecule has 1 aromatic rings. The van der Waals surface area contributed by atoms with E-state index in [-0.39, 0.29) is 12.5 Å². The molecule has 1 amide bonds. The summed E-state index contributed by atoms with van der Waals surface area (Å²) in [6, 6.07) is 7.61. The minimum absolute atomic E-state index is 0.00426. The number of rotatable bonds is 7. The van der Waals surface area contributed by atoms with E-state index in [4.69, 9.17) is 9.84 Å². The lowest BCUT2D eigenvalue weighted by atomic mass is 10.3. The zero-order chi connectivity index (χ0) is 13.4. The highest BCUT2D eigenvalue weighted by Gasteiger charge is 2.07. The summed E-state index contributed by atoms with van der Waals surface area (Å²) in [5, 5.41) is 8.71. The van der Waals surface area contributed by atoms with E-state index in [0.29, 0.717) is 26.0 Å². The summed E-state index contributed by atoms with van der Waals surface area (Å²) in [5.74, 6) is 0.813. The van der Waals surface area contributed by atoms with Crippen molar-refractivity contribution in [1.29, 1.82) is 0 Å². The summed E-state index contributed by atoms with van der Waals surface area (Å²) in [6.45, 7) is 0.876. The molecule has 0 aliphatic rings. The topological polar surface area (TPSA) is 49.8 Å². The van der Waals surface area contributed by atoms with E-state index in [0.717, 1.165) is 10.2 Å². The molecule has 0 bridgehead atoms. The fourth-order valence-electron chi connectivity index (χ4n) is 1.43. The maximum atomic E-state index is 11.6. The molecule has 0 saturated heterocycles. The largest absolute Gasteiger partial charge is 0.492 e. The van der Waals surface area contributed by atoms with Crippen LogP contribution in [0.15, 0.2) is 28.7 Å². The number of aliphatic hydroxyl groups excluding tert-OH is 1. The number of ether oxygens (including phenoxy) is 1. The molecule has 0 radical (unpaired) electrons. The summed E-state index contributed by atoms with van der Waals surface area (Å²) >= 11 is 3.39. The number of para-hydroxylation sites is 1. The van der Waals surface area contributed by atoms with E-state index in [2.05, 4.69) is 15.9 Å².